The number of benzene rings is 2. The van der Waals surface area contributed by atoms with Gasteiger partial charge in [0.05, 0.1) is 16.6 Å². The molecule has 0 atom stereocenters. The smallest absolute Gasteiger partial charge is 0.872 e. The average molecular weight is 616 g/mol. The molecule has 2 aliphatic rings. The number of nitrogens with two attached hydrogens (primary N) is 1. The molecule has 2 fully saturated rings. The van der Waals surface area contributed by atoms with E-state index in [0.717, 1.165) is 4.88 Å². The summed E-state index contributed by atoms with van der Waals surface area (Å²) in [5, 5.41) is 33.1. The van der Waals surface area contributed by atoms with Gasteiger partial charge in [-0.25, -0.2) is 0 Å². The Hall–Kier alpha value is -2.77. The molecule has 2 aliphatic carbocycles. The molecule has 5 rings (SSSR count). The number of hydrogen-bond acceptors (Lipinski definition) is 6. The Morgan fingerprint density at radius 3 is 1.74 bits per heavy atom. The van der Waals surface area contributed by atoms with Crippen molar-refractivity contribution in [2.45, 2.75) is 6.92 Å². The Bertz CT molecular complexity index is 1090. The summed E-state index contributed by atoms with van der Waals surface area (Å²) in [5.41, 5.74) is 6.32. The second-order valence-electron chi connectivity index (χ2n) is 7.34. The summed E-state index contributed by atoms with van der Waals surface area (Å²) in [6.45, 7) is 1.78. The van der Waals surface area contributed by atoms with Gasteiger partial charge in [-0.2, -0.15) is 5.10 Å². The molecule has 10 radical (unpaired) electrons. The normalized spacial score (nSPS) is 14.3. The third-order valence-electron chi connectivity index (χ3n) is 4.45. The van der Waals surface area contributed by atoms with Gasteiger partial charge in [0.1, 0.15) is 0 Å². The van der Waals surface area contributed by atoms with E-state index in [9.17, 15) is 15.0 Å². The minimum atomic E-state index is -0.772. The van der Waals surface area contributed by atoms with E-state index in [-0.39, 0.29) is 43.4 Å². The van der Waals surface area contributed by atoms with Gasteiger partial charge in [0, 0.05) is 11.3 Å². The number of para-hydroxylation sites is 2. The molecular weight excluding hydrogens is 588 g/mol. The Labute approximate surface area is 255 Å². The third kappa shape index (κ3) is 15.4. The van der Waals surface area contributed by atoms with Crippen molar-refractivity contribution >= 4 is 34.7 Å². The predicted molar refractivity (Wildman–Crippen MR) is 151 cm³/mol. The first-order valence-electron chi connectivity index (χ1n) is 11.5. The van der Waals surface area contributed by atoms with E-state index >= 15 is 0 Å². The van der Waals surface area contributed by atoms with Crippen LogP contribution in [0.15, 0.2) is 82.3 Å². The number of carbonyl (C=O) groups excluding carboxylic acids is 1. The van der Waals surface area contributed by atoms with Crippen LogP contribution in [0, 0.1) is 64.2 Å². The van der Waals surface area contributed by atoms with E-state index in [1.54, 1.807) is 31.2 Å². The molecule has 3 N–H and O–H groups in total. The number of hydrogen-bond donors (Lipinski definition) is 2. The Morgan fingerprint density at radius 1 is 0.769 bits per heavy atom. The standard InChI is InChI=1S/C13H11NO2.C7H9N3OS.2C5H5.Zr/c15-12-9-5-4-8-11(12)13(16)14-10-6-2-1-3-7-10;1-5(9-10-7(8)11)6-3-2-4-12-6;2*1-2-4-5-3-1;/h1-9,15H,(H,14,16);2-4H,1H3,(H3,8,10,11);2*1-5H;/q;;;;+4/p-2/b;9-5+;;;. The van der Waals surface area contributed by atoms with Crippen LogP contribution in [-0.4, -0.2) is 17.6 Å². The molecule has 7 nitrogen and oxygen atoms in total. The first-order chi connectivity index (χ1) is 18.5. The van der Waals surface area contributed by atoms with Crippen LogP contribution in [0.1, 0.15) is 22.2 Å². The van der Waals surface area contributed by atoms with Gasteiger partial charge < -0.3 is 21.3 Å². The maximum Gasteiger partial charge on any atom is 4.00 e. The number of carbonyl (C=O) groups is 1. The third-order valence-corrected chi connectivity index (χ3v) is 5.43. The molecule has 2 saturated carbocycles. The molecule has 0 bridgehead atoms. The summed E-state index contributed by atoms with van der Waals surface area (Å²) >= 11 is 1.54. The summed E-state index contributed by atoms with van der Waals surface area (Å²) in [5.74, 6) is -0.646. The van der Waals surface area contributed by atoms with E-state index < -0.39 is 6.02 Å². The van der Waals surface area contributed by atoms with Crippen LogP contribution < -0.4 is 21.3 Å². The summed E-state index contributed by atoms with van der Waals surface area (Å²) in [6.07, 6.45) is 20.0. The van der Waals surface area contributed by atoms with E-state index in [0.29, 0.717) is 11.4 Å². The number of rotatable bonds is 4. The number of amides is 1. The minimum absolute atomic E-state index is 0. The van der Waals surface area contributed by atoms with Gasteiger partial charge in [0.2, 0.25) is 0 Å². The zero-order valence-corrected chi connectivity index (χ0v) is 24.6. The number of nitrogens with zero attached hydrogens (tertiary/aromatic N) is 2. The number of anilines is 1. The molecule has 1 aromatic heterocycles. The van der Waals surface area contributed by atoms with Crippen molar-refractivity contribution in [1.29, 1.82) is 0 Å². The van der Waals surface area contributed by atoms with Crippen LogP contribution in [0.5, 0.6) is 5.75 Å². The van der Waals surface area contributed by atoms with Crippen molar-refractivity contribution in [3.8, 4) is 5.75 Å². The molecule has 39 heavy (non-hydrogen) atoms. The van der Waals surface area contributed by atoms with Crippen molar-refractivity contribution in [2.75, 3.05) is 5.32 Å². The van der Waals surface area contributed by atoms with Crippen molar-refractivity contribution < 1.29 is 41.2 Å². The Balaban J connectivity index is 0.000000288. The molecule has 9 heteroatoms. The first kappa shape index (κ1) is 34.3. The molecule has 1 heterocycles. The summed E-state index contributed by atoms with van der Waals surface area (Å²) < 4.78 is 0. The number of thiophene rings is 1. The van der Waals surface area contributed by atoms with E-state index in [1.807, 2.05) is 99.9 Å². The summed E-state index contributed by atoms with van der Waals surface area (Å²) in [6, 6.07) is 18.2. The van der Waals surface area contributed by atoms with Gasteiger partial charge in [-0.3, -0.25) is 4.79 Å². The van der Waals surface area contributed by atoms with Crippen molar-refractivity contribution in [2.24, 2.45) is 15.9 Å². The fraction of sp³-hybridized carbons (Fsp3) is 0.0333. The second kappa shape index (κ2) is 21.1. The quantitative estimate of drug-likeness (QED) is 0.259. The zero-order chi connectivity index (χ0) is 27.4. The second-order valence-corrected chi connectivity index (χ2v) is 8.29. The molecule has 0 spiro atoms. The SMILES string of the molecule is C/C(=N\N=C(\N)[O-])c1cccs1.O=C(Nc1ccccc1)c1ccccc1[O-].[CH]1[CH][CH][CH][CH]1.[CH]1[CH][CH][CH][CH]1.[Zr+4]. The molecule has 0 saturated heterocycles. The fourth-order valence-corrected chi connectivity index (χ4v) is 3.35. The summed E-state index contributed by atoms with van der Waals surface area (Å²) in [7, 11) is 0. The van der Waals surface area contributed by atoms with Gasteiger partial charge in [-0.1, -0.05) is 54.3 Å². The van der Waals surface area contributed by atoms with Crippen LogP contribution in [-0.2, 0) is 26.2 Å². The molecular formula is C30H28N4O3SZr+2. The van der Waals surface area contributed by atoms with Crippen molar-refractivity contribution in [3.63, 3.8) is 0 Å². The molecule has 2 aromatic carbocycles. The predicted octanol–water partition coefficient (Wildman–Crippen LogP) is 4.20. The molecule has 3 aromatic rings. The van der Waals surface area contributed by atoms with Crippen LogP contribution in [0.4, 0.5) is 5.69 Å². The zero-order valence-electron chi connectivity index (χ0n) is 21.3. The van der Waals surface area contributed by atoms with Crippen LogP contribution >= 0.6 is 11.3 Å². The molecule has 0 aliphatic heterocycles. The number of amidine groups is 1. The van der Waals surface area contributed by atoms with Gasteiger partial charge >= 0.3 is 26.2 Å². The van der Waals surface area contributed by atoms with Crippen LogP contribution in [0.2, 0.25) is 0 Å². The largest absolute Gasteiger partial charge is 4.00 e. The van der Waals surface area contributed by atoms with E-state index in [1.165, 1.54) is 23.5 Å². The van der Waals surface area contributed by atoms with Gasteiger partial charge in [-0.15, -0.1) is 16.4 Å². The van der Waals surface area contributed by atoms with E-state index in [2.05, 4.69) is 15.5 Å². The number of nitrogens with one attached hydrogen (secondary N) is 1. The molecule has 1 amide bonds. The van der Waals surface area contributed by atoms with Gasteiger partial charge in [0.25, 0.3) is 5.91 Å². The molecule has 0 unspecified atom stereocenters. The average Bonchev–Trinajstić information content (AvgIpc) is 3.75. The topological polar surface area (TPSA) is 126 Å². The minimum Gasteiger partial charge on any atom is -0.872 e. The van der Waals surface area contributed by atoms with Crippen molar-refractivity contribution in [1.82, 2.24) is 0 Å². The maximum atomic E-state index is 11.7. The Morgan fingerprint density at radius 2 is 1.28 bits per heavy atom. The maximum absolute atomic E-state index is 11.7. The van der Waals surface area contributed by atoms with Gasteiger partial charge in [0.15, 0.2) is 0 Å². The monoisotopic (exact) mass is 614 g/mol. The fourth-order valence-electron chi connectivity index (χ4n) is 2.67. The van der Waals surface area contributed by atoms with Gasteiger partial charge in [-0.05, 0) is 94.7 Å². The van der Waals surface area contributed by atoms with Crippen LogP contribution in [0.25, 0.3) is 0 Å². The van der Waals surface area contributed by atoms with Crippen LogP contribution in [0.3, 0.4) is 0 Å². The Kier molecular flexibility index (Phi) is 18.5. The molecule has 194 valence electrons. The first-order valence-corrected chi connectivity index (χ1v) is 12.4. The van der Waals surface area contributed by atoms with Crippen molar-refractivity contribution in [3.05, 3.63) is 147 Å². The van der Waals surface area contributed by atoms with E-state index in [4.69, 9.17) is 5.73 Å². The summed E-state index contributed by atoms with van der Waals surface area (Å²) in [4.78, 5) is 12.7.